The molecule has 1 rings (SSSR count). The molecule has 0 amide bonds. The van der Waals surface area contributed by atoms with Gasteiger partial charge in [0.25, 0.3) is 0 Å². The van der Waals surface area contributed by atoms with Crippen molar-refractivity contribution >= 4 is 17.8 Å². The van der Waals surface area contributed by atoms with Crippen LogP contribution >= 0.6 is 11.6 Å². The van der Waals surface area contributed by atoms with Crippen LogP contribution in [-0.4, -0.2) is 6.21 Å². The van der Waals surface area contributed by atoms with Crippen molar-refractivity contribution in [3.05, 3.63) is 34.6 Å². The number of hydrogen-bond acceptors (Lipinski definition) is 2. The standard InChI is InChI=1S/C7H6ClFN2/c8-7-3-6(9)2-1-5(7)4-11-10/h1-4H,10H2. The molecule has 0 atom stereocenters. The summed E-state index contributed by atoms with van der Waals surface area (Å²) in [5, 5.41) is 3.57. The molecular weight excluding hydrogens is 167 g/mol. The first-order valence-corrected chi connectivity index (χ1v) is 3.30. The van der Waals surface area contributed by atoms with Crippen LogP contribution in [0.1, 0.15) is 5.56 Å². The summed E-state index contributed by atoms with van der Waals surface area (Å²) in [5.41, 5.74) is 0.607. The fourth-order valence-corrected chi connectivity index (χ4v) is 0.903. The van der Waals surface area contributed by atoms with Gasteiger partial charge in [0.2, 0.25) is 0 Å². The van der Waals surface area contributed by atoms with Gasteiger partial charge in [-0.15, -0.1) is 0 Å². The smallest absolute Gasteiger partial charge is 0.124 e. The van der Waals surface area contributed by atoms with Crippen LogP contribution in [-0.2, 0) is 0 Å². The number of rotatable bonds is 1. The van der Waals surface area contributed by atoms with Gasteiger partial charge in [-0.25, -0.2) is 4.39 Å². The zero-order chi connectivity index (χ0) is 8.27. The highest BCUT2D eigenvalue weighted by Gasteiger charge is 1.97. The van der Waals surface area contributed by atoms with Gasteiger partial charge >= 0.3 is 0 Å². The zero-order valence-corrected chi connectivity index (χ0v) is 6.35. The van der Waals surface area contributed by atoms with Gasteiger partial charge in [0.15, 0.2) is 0 Å². The SMILES string of the molecule is NN=Cc1ccc(F)cc1Cl. The third-order valence-electron chi connectivity index (χ3n) is 1.18. The van der Waals surface area contributed by atoms with Gasteiger partial charge in [0, 0.05) is 5.56 Å². The number of halogens is 2. The highest BCUT2D eigenvalue weighted by Crippen LogP contribution is 2.14. The second kappa shape index (κ2) is 3.34. The maximum Gasteiger partial charge on any atom is 0.124 e. The maximum atomic E-state index is 12.4. The zero-order valence-electron chi connectivity index (χ0n) is 5.59. The van der Waals surface area contributed by atoms with Crippen molar-refractivity contribution in [1.29, 1.82) is 0 Å². The van der Waals surface area contributed by atoms with E-state index < -0.39 is 0 Å². The quantitative estimate of drug-likeness (QED) is 0.391. The lowest BCUT2D eigenvalue weighted by Crippen LogP contribution is -1.88. The van der Waals surface area contributed by atoms with Crippen molar-refractivity contribution in [3.8, 4) is 0 Å². The predicted molar refractivity (Wildman–Crippen MR) is 43.2 cm³/mol. The lowest BCUT2D eigenvalue weighted by molar-refractivity contribution is 0.628. The molecule has 0 bridgehead atoms. The first kappa shape index (κ1) is 8.01. The van der Waals surface area contributed by atoms with Crippen molar-refractivity contribution in [1.82, 2.24) is 0 Å². The summed E-state index contributed by atoms with van der Waals surface area (Å²) >= 11 is 5.62. The van der Waals surface area contributed by atoms with Crippen LogP contribution in [0, 0.1) is 5.82 Å². The van der Waals surface area contributed by atoms with Crippen molar-refractivity contribution < 1.29 is 4.39 Å². The molecule has 4 heteroatoms. The summed E-state index contributed by atoms with van der Waals surface area (Å²) in [6, 6.07) is 4.01. The second-order valence-corrected chi connectivity index (χ2v) is 2.35. The lowest BCUT2D eigenvalue weighted by Gasteiger charge is -1.95. The number of benzene rings is 1. The van der Waals surface area contributed by atoms with E-state index in [9.17, 15) is 4.39 Å². The predicted octanol–water partition coefficient (Wildman–Crippen LogP) is 1.77. The Kier molecular flexibility index (Phi) is 2.44. The van der Waals surface area contributed by atoms with Gasteiger partial charge in [-0.05, 0) is 18.2 Å². The van der Waals surface area contributed by atoms with Crippen LogP contribution in [0.5, 0.6) is 0 Å². The molecule has 0 saturated heterocycles. The molecule has 0 radical (unpaired) electrons. The molecule has 11 heavy (non-hydrogen) atoms. The Bertz CT molecular complexity index is 286. The monoisotopic (exact) mass is 172 g/mol. The van der Waals surface area contributed by atoms with Crippen molar-refractivity contribution in [2.75, 3.05) is 0 Å². The number of nitrogens with two attached hydrogens (primary N) is 1. The van der Waals surface area contributed by atoms with Gasteiger partial charge in [0.05, 0.1) is 11.2 Å². The third-order valence-corrected chi connectivity index (χ3v) is 1.50. The van der Waals surface area contributed by atoms with Crippen LogP contribution in [0.4, 0.5) is 4.39 Å². The molecule has 0 aliphatic heterocycles. The van der Waals surface area contributed by atoms with E-state index in [1.165, 1.54) is 24.4 Å². The summed E-state index contributed by atoms with van der Waals surface area (Å²) in [6.45, 7) is 0. The summed E-state index contributed by atoms with van der Waals surface area (Å²) in [4.78, 5) is 0. The van der Waals surface area contributed by atoms with Crippen LogP contribution in [0.2, 0.25) is 5.02 Å². The Morgan fingerprint density at radius 3 is 2.82 bits per heavy atom. The average Bonchev–Trinajstić information content (AvgIpc) is 1.95. The fourth-order valence-electron chi connectivity index (χ4n) is 0.687. The molecule has 0 heterocycles. The van der Waals surface area contributed by atoms with Crippen LogP contribution in [0.3, 0.4) is 0 Å². The van der Waals surface area contributed by atoms with Crippen LogP contribution < -0.4 is 5.84 Å². The summed E-state index contributed by atoms with van der Waals surface area (Å²) in [6.07, 6.45) is 1.36. The van der Waals surface area contributed by atoms with E-state index in [2.05, 4.69) is 5.10 Å². The Labute approximate surface area is 68.5 Å². The van der Waals surface area contributed by atoms with E-state index in [1.807, 2.05) is 0 Å². The number of hydrazone groups is 1. The Hall–Kier alpha value is -1.09. The van der Waals surface area contributed by atoms with Crippen LogP contribution in [0.15, 0.2) is 23.3 Å². The second-order valence-electron chi connectivity index (χ2n) is 1.94. The minimum absolute atomic E-state index is 0.305. The molecule has 1 aromatic rings. The molecule has 0 saturated carbocycles. The molecule has 58 valence electrons. The van der Waals surface area contributed by atoms with Crippen molar-refractivity contribution in [2.24, 2.45) is 10.9 Å². The number of nitrogens with zero attached hydrogens (tertiary/aromatic N) is 1. The van der Waals surface area contributed by atoms with E-state index in [0.29, 0.717) is 10.6 Å². The topological polar surface area (TPSA) is 38.4 Å². The molecule has 2 nitrogen and oxygen atoms in total. The maximum absolute atomic E-state index is 12.4. The third kappa shape index (κ3) is 1.91. The largest absolute Gasteiger partial charge is 0.323 e. The molecule has 0 aromatic heterocycles. The normalized spacial score (nSPS) is 10.7. The van der Waals surface area contributed by atoms with E-state index in [1.54, 1.807) is 0 Å². The summed E-state index contributed by atoms with van der Waals surface area (Å²) in [5.74, 6) is 4.51. The van der Waals surface area contributed by atoms with Gasteiger partial charge in [0.1, 0.15) is 5.82 Å². The van der Waals surface area contributed by atoms with Crippen molar-refractivity contribution in [2.45, 2.75) is 0 Å². The highest BCUT2D eigenvalue weighted by atomic mass is 35.5. The van der Waals surface area contributed by atoms with E-state index in [0.717, 1.165) is 0 Å². The molecule has 0 spiro atoms. The first-order chi connectivity index (χ1) is 5.24. The van der Waals surface area contributed by atoms with Crippen molar-refractivity contribution in [3.63, 3.8) is 0 Å². The Morgan fingerprint density at radius 2 is 2.27 bits per heavy atom. The first-order valence-electron chi connectivity index (χ1n) is 2.92. The van der Waals surface area contributed by atoms with E-state index >= 15 is 0 Å². The fraction of sp³-hybridized carbons (Fsp3) is 0. The summed E-state index contributed by atoms with van der Waals surface area (Å²) in [7, 11) is 0. The molecule has 0 fully saturated rings. The Morgan fingerprint density at radius 1 is 1.55 bits per heavy atom. The minimum atomic E-state index is -0.371. The molecule has 1 aromatic carbocycles. The molecule has 0 unspecified atom stereocenters. The highest BCUT2D eigenvalue weighted by molar-refractivity contribution is 6.33. The van der Waals surface area contributed by atoms with Gasteiger partial charge in [-0.1, -0.05) is 11.6 Å². The molecular formula is C7H6ClFN2. The molecule has 2 N–H and O–H groups in total. The van der Waals surface area contributed by atoms with E-state index in [4.69, 9.17) is 17.4 Å². The van der Waals surface area contributed by atoms with Gasteiger partial charge < -0.3 is 5.84 Å². The molecule has 0 aliphatic carbocycles. The summed E-state index contributed by atoms with van der Waals surface area (Å²) < 4.78 is 12.4. The van der Waals surface area contributed by atoms with Crippen LogP contribution in [0.25, 0.3) is 0 Å². The molecule has 0 aliphatic rings. The lowest BCUT2D eigenvalue weighted by atomic mass is 10.2. The van der Waals surface area contributed by atoms with Gasteiger partial charge in [-0.2, -0.15) is 5.10 Å². The number of hydrogen-bond donors (Lipinski definition) is 1. The Balaban J connectivity index is 3.09. The van der Waals surface area contributed by atoms with Gasteiger partial charge in [-0.3, -0.25) is 0 Å². The van der Waals surface area contributed by atoms with E-state index in [-0.39, 0.29) is 5.82 Å². The average molecular weight is 173 g/mol. The minimum Gasteiger partial charge on any atom is -0.323 e.